The molecule has 0 aromatic heterocycles. The summed E-state index contributed by atoms with van der Waals surface area (Å²) in [4.78, 5) is 22.6. The third-order valence-electron chi connectivity index (χ3n) is 3.26. The highest BCUT2D eigenvalue weighted by atomic mass is 35.5. The summed E-state index contributed by atoms with van der Waals surface area (Å²) in [5, 5.41) is 14.2. The molecule has 1 N–H and O–H groups in total. The van der Waals surface area contributed by atoms with E-state index in [1.807, 2.05) is 0 Å². The fourth-order valence-corrected chi connectivity index (χ4v) is 2.10. The highest BCUT2D eigenvalue weighted by Crippen LogP contribution is 2.27. The number of nitrogens with zero attached hydrogens (tertiary/aromatic N) is 1. The molecule has 2 aromatic rings. The summed E-state index contributed by atoms with van der Waals surface area (Å²) in [6, 6.07) is 11.1. The summed E-state index contributed by atoms with van der Waals surface area (Å²) in [6.45, 7) is 3.30. The Balaban J connectivity index is 2.12. The summed E-state index contributed by atoms with van der Waals surface area (Å²) in [6.07, 6.45) is -0.908. The number of carbonyl (C=O) groups excluding carboxylic acids is 1. The van der Waals surface area contributed by atoms with E-state index in [0.717, 1.165) is 5.56 Å². The van der Waals surface area contributed by atoms with Gasteiger partial charge < -0.3 is 10.1 Å². The summed E-state index contributed by atoms with van der Waals surface area (Å²) in [7, 11) is 0. The molecule has 1 atom stereocenters. The maximum absolute atomic E-state index is 12.2. The monoisotopic (exact) mass is 334 g/mol. The van der Waals surface area contributed by atoms with Gasteiger partial charge in [-0.3, -0.25) is 14.9 Å². The summed E-state index contributed by atoms with van der Waals surface area (Å²) in [5.41, 5.74) is 1.12. The first-order valence-corrected chi connectivity index (χ1v) is 7.24. The number of nitro benzene ring substituents is 1. The summed E-state index contributed by atoms with van der Waals surface area (Å²) in [5.74, 6) is -0.378. The Morgan fingerprint density at radius 1 is 1.26 bits per heavy atom. The number of anilines is 1. The molecule has 0 fully saturated rings. The van der Waals surface area contributed by atoms with Gasteiger partial charge in [-0.25, -0.2) is 0 Å². The largest absolute Gasteiger partial charge is 0.474 e. The zero-order valence-electron chi connectivity index (χ0n) is 12.6. The molecule has 0 radical (unpaired) electrons. The number of hydrogen-bond donors (Lipinski definition) is 1. The smallest absolute Gasteiger partial charge is 0.310 e. The molecule has 1 unspecified atom stereocenters. The predicted octanol–water partition coefficient (Wildman–Crippen LogP) is 3.96. The third-order valence-corrected chi connectivity index (χ3v) is 3.67. The van der Waals surface area contributed by atoms with Crippen LogP contribution in [-0.2, 0) is 4.79 Å². The van der Waals surface area contributed by atoms with Crippen molar-refractivity contribution < 1.29 is 14.5 Å². The lowest BCUT2D eigenvalue weighted by molar-refractivity contribution is -0.386. The molecule has 120 valence electrons. The number of halogens is 1. The lowest BCUT2D eigenvalue weighted by Crippen LogP contribution is -2.30. The van der Waals surface area contributed by atoms with Gasteiger partial charge in [-0.1, -0.05) is 29.8 Å². The highest BCUT2D eigenvalue weighted by Gasteiger charge is 2.21. The van der Waals surface area contributed by atoms with E-state index in [9.17, 15) is 14.9 Å². The Morgan fingerprint density at radius 3 is 2.65 bits per heavy atom. The van der Waals surface area contributed by atoms with Crippen molar-refractivity contribution in [3.63, 3.8) is 0 Å². The SMILES string of the molecule is Cc1c(Cl)cccc1NC(=O)C(C)Oc1ccccc1[N+](=O)[O-]. The molecule has 0 aliphatic rings. The minimum atomic E-state index is -0.908. The number of amides is 1. The zero-order chi connectivity index (χ0) is 17.0. The van der Waals surface area contributed by atoms with E-state index in [2.05, 4.69) is 5.32 Å². The molecule has 0 saturated heterocycles. The molecule has 0 bridgehead atoms. The topological polar surface area (TPSA) is 81.5 Å². The van der Waals surface area contributed by atoms with E-state index in [1.165, 1.54) is 25.1 Å². The molecular formula is C16H15ClN2O4. The second kappa shape index (κ2) is 7.11. The highest BCUT2D eigenvalue weighted by molar-refractivity contribution is 6.31. The summed E-state index contributed by atoms with van der Waals surface area (Å²) >= 11 is 6.00. The minimum Gasteiger partial charge on any atom is -0.474 e. The van der Waals surface area contributed by atoms with Gasteiger partial charge in [0.1, 0.15) is 0 Å². The van der Waals surface area contributed by atoms with Gasteiger partial charge in [0.05, 0.1) is 4.92 Å². The quantitative estimate of drug-likeness (QED) is 0.662. The first-order chi connectivity index (χ1) is 10.9. The van der Waals surface area contributed by atoms with E-state index in [1.54, 1.807) is 31.2 Å². The van der Waals surface area contributed by atoms with Gasteiger partial charge >= 0.3 is 5.69 Å². The van der Waals surface area contributed by atoms with Crippen molar-refractivity contribution in [2.24, 2.45) is 0 Å². The van der Waals surface area contributed by atoms with Gasteiger partial charge in [-0.2, -0.15) is 0 Å². The van der Waals surface area contributed by atoms with Crippen LogP contribution in [0.2, 0.25) is 5.02 Å². The van der Waals surface area contributed by atoms with Crippen LogP contribution in [0.5, 0.6) is 5.75 Å². The lowest BCUT2D eigenvalue weighted by Gasteiger charge is -2.16. The number of hydrogen-bond acceptors (Lipinski definition) is 4. The van der Waals surface area contributed by atoms with E-state index < -0.39 is 16.9 Å². The Kier molecular flexibility index (Phi) is 5.18. The van der Waals surface area contributed by atoms with Crippen molar-refractivity contribution >= 4 is 28.9 Å². The van der Waals surface area contributed by atoms with Gasteiger partial charge in [0.15, 0.2) is 11.9 Å². The molecule has 0 saturated carbocycles. The Bertz CT molecular complexity index is 749. The zero-order valence-corrected chi connectivity index (χ0v) is 13.3. The molecule has 0 spiro atoms. The number of para-hydroxylation sites is 2. The van der Waals surface area contributed by atoms with E-state index >= 15 is 0 Å². The van der Waals surface area contributed by atoms with Gasteiger partial charge in [-0.15, -0.1) is 0 Å². The average molecular weight is 335 g/mol. The van der Waals surface area contributed by atoms with Crippen LogP contribution in [0, 0.1) is 17.0 Å². The fraction of sp³-hybridized carbons (Fsp3) is 0.188. The normalized spacial score (nSPS) is 11.6. The van der Waals surface area contributed by atoms with Crippen LogP contribution in [0.1, 0.15) is 12.5 Å². The van der Waals surface area contributed by atoms with E-state index in [0.29, 0.717) is 10.7 Å². The van der Waals surface area contributed by atoms with Crippen molar-refractivity contribution in [1.29, 1.82) is 0 Å². The number of ether oxygens (including phenoxy) is 1. The molecule has 1 amide bonds. The second-order valence-electron chi connectivity index (χ2n) is 4.89. The molecule has 7 heteroatoms. The first kappa shape index (κ1) is 16.8. The second-order valence-corrected chi connectivity index (χ2v) is 5.29. The molecular weight excluding hydrogens is 320 g/mol. The fourth-order valence-electron chi connectivity index (χ4n) is 1.93. The van der Waals surface area contributed by atoms with Crippen LogP contribution in [0.4, 0.5) is 11.4 Å². The van der Waals surface area contributed by atoms with Crippen LogP contribution in [0.15, 0.2) is 42.5 Å². The standard InChI is InChI=1S/C16H15ClN2O4/c1-10-12(17)6-5-7-13(10)18-16(20)11(2)23-15-9-4-3-8-14(15)19(21)22/h3-9,11H,1-2H3,(H,18,20). The number of carbonyl (C=O) groups is 1. The number of nitro groups is 1. The third kappa shape index (κ3) is 3.98. The average Bonchev–Trinajstić information content (AvgIpc) is 2.52. The predicted molar refractivity (Wildman–Crippen MR) is 88.0 cm³/mol. The Labute approximate surface area is 138 Å². The van der Waals surface area contributed by atoms with E-state index in [4.69, 9.17) is 16.3 Å². The van der Waals surface area contributed by atoms with Crippen LogP contribution < -0.4 is 10.1 Å². The maximum atomic E-state index is 12.2. The Hall–Kier alpha value is -2.60. The van der Waals surface area contributed by atoms with Crippen LogP contribution in [0.25, 0.3) is 0 Å². The van der Waals surface area contributed by atoms with Crippen molar-refractivity contribution in [3.8, 4) is 5.75 Å². The van der Waals surface area contributed by atoms with Crippen molar-refractivity contribution in [3.05, 3.63) is 63.2 Å². The molecule has 2 rings (SSSR count). The van der Waals surface area contributed by atoms with Crippen molar-refractivity contribution in [2.45, 2.75) is 20.0 Å². The summed E-state index contributed by atoms with van der Waals surface area (Å²) < 4.78 is 5.42. The number of benzene rings is 2. The van der Waals surface area contributed by atoms with E-state index in [-0.39, 0.29) is 11.4 Å². The van der Waals surface area contributed by atoms with Crippen molar-refractivity contribution in [1.82, 2.24) is 0 Å². The minimum absolute atomic E-state index is 0.0444. The van der Waals surface area contributed by atoms with Crippen LogP contribution in [0.3, 0.4) is 0 Å². The lowest BCUT2D eigenvalue weighted by atomic mass is 10.2. The van der Waals surface area contributed by atoms with Crippen LogP contribution >= 0.6 is 11.6 Å². The maximum Gasteiger partial charge on any atom is 0.310 e. The van der Waals surface area contributed by atoms with Crippen LogP contribution in [-0.4, -0.2) is 16.9 Å². The molecule has 6 nitrogen and oxygen atoms in total. The van der Waals surface area contributed by atoms with Gasteiger partial charge in [0.25, 0.3) is 5.91 Å². The van der Waals surface area contributed by atoms with Gasteiger partial charge in [-0.05, 0) is 37.6 Å². The first-order valence-electron chi connectivity index (χ1n) is 6.86. The number of nitrogens with one attached hydrogen (secondary N) is 1. The molecule has 0 heterocycles. The number of rotatable bonds is 5. The molecule has 0 aliphatic carbocycles. The molecule has 23 heavy (non-hydrogen) atoms. The molecule has 0 aliphatic heterocycles. The van der Waals surface area contributed by atoms with Gasteiger partial charge in [0, 0.05) is 16.8 Å². The van der Waals surface area contributed by atoms with Gasteiger partial charge in [0.2, 0.25) is 0 Å². The molecule has 2 aromatic carbocycles. The Morgan fingerprint density at radius 2 is 1.96 bits per heavy atom. The van der Waals surface area contributed by atoms with Crippen molar-refractivity contribution in [2.75, 3.05) is 5.32 Å².